The number of hydrogen-bond acceptors (Lipinski definition) is 14. The lowest BCUT2D eigenvalue weighted by Crippen LogP contribution is -2.89. The third-order valence-corrected chi connectivity index (χ3v) is 51.3. The van der Waals surface area contributed by atoms with Gasteiger partial charge in [-0.3, -0.25) is 0 Å². The summed E-state index contributed by atoms with van der Waals surface area (Å²) in [4.78, 5) is 4.54. The maximum atomic E-state index is 8.01. The summed E-state index contributed by atoms with van der Waals surface area (Å²) in [6.07, 6.45) is 4.53. The lowest BCUT2D eigenvalue weighted by atomic mass is 10.0. The number of aryl methyl sites for hydroxylation is 3. The number of nitrogens with zero attached hydrogens (tertiary/aromatic N) is 2. The molecule has 1 aromatic carbocycles. The molecule has 0 aromatic heterocycles. The first-order valence-corrected chi connectivity index (χ1v) is 39.3. The summed E-state index contributed by atoms with van der Waals surface area (Å²) in [6, 6.07) is 7.78. The van der Waals surface area contributed by atoms with Gasteiger partial charge in [0.2, 0.25) is 0 Å². The van der Waals surface area contributed by atoms with Gasteiger partial charge in [-0.05, 0) is 73.3 Å². The predicted molar refractivity (Wildman–Crippen MR) is 260 cm³/mol. The van der Waals surface area contributed by atoms with Crippen LogP contribution in [-0.4, -0.2) is 88.2 Å². The fourth-order valence-corrected chi connectivity index (χ4v) is 61.6. The Morgan fingerprint density at radius 2 is 0.619 bits per heavy atom. The van der Waals surface area contributed by atoms with Crippen LogP contribution in [-0.2, 0) is 49.4 Å². The second-order valence-corrected chi connectivity index (χ2v) is 46.2. The van der Waals surface area contributed by atoms with E-state index >= 15 is 0 Å². The molecule has 6 fully saturated rings. The highest BCUT2D eigenvalue weighted by Crippen LogP contribution is 2.55. The Morgan fingerprint density at radius 3 is 0.857 bits per heavy atom. The first kappa shape index (κ1) is 50.7. The minimum absolute atomic E-state index is 0.0940. The molecule has 7 aliphatic heterocycles. The minimum atomic E-state index is -4.17. The zero-order chi connectivity index (χ0) is 46.2. The van der Waals surface area contributed by atoms with Crippen LogP contribution in [0.1, 0.15) is 114 Å². The topological polar surface area (TPSA) is 117 Å². The van der Waals surface area contributed by atoms with Gasteiger partial charge in [0.05, 0.1) is 12.8 Å². The molecule has 63 heavy (non-hydrogen) atoms. The first-order chi connectivity index (χ1) is 29.2. The maximum Gasteiger partial charge on any atom is 0.499 e. The summed E-state index contributed by atoms with van der Waals surface area (Å²) in [5, 5.41) is 0. The molecule has 6 saturated heterocycles. The number of rotatable bonds is 17. The van der Waals surface area contributed by atoms with Crippen LogP contribution in [0.5, 0.6) is 0 Å². The van der Waals surface area contributed by atoms with E-state index in [0.29, 0.717) is 49.0 Å². The Bertz CT molecular complexity index is 1670. The highest BCUT2D eigenvalue weighted by Gasteiger charge is 2.83. The van der Waals surface area contributed by atoms with Crippen molar-refractivity contribution in [3.05, 3.63) is 41.2 Å². The molecule has 0 atom stereocenters. The lowest BCUT2D eigenvalue weighted by Gasteiger charge is -2.64. The smallest absolute Gasteiger partial charge is 0.373 e. The normalized spacial score (nSPS) is 37.7. The Balaban J connectivity index is 1.53. The molecule has 8 bridgehead atoms. The van der Waals surface area contributed by atoms with Crippen LogP contribution in [0.15, 0.2) is 24.5 Å². The van der Waals surface area contributed by atoms with Gasteiger partial charge in [-0.2, -0.15) is 0 Å². The molecule has 0 amide bonds. The van der Waals surface area contributed by atoms with Crippen LogP contribution in [0.25, 0.3) is 0 Å². The Hall–Kier alpha value is -0.185. The van der Waals surface area contributed by atoms with E-state index < -0.39 is 70.4 Å². The summed E-state index contributed by atoms with van der Waals surface area (Å²) in [5.41, 5.74) is 4.86. The van der Waals surface area contributed by atoms with E-state index in [-0.39, 0.29) is 47.6 Å². The van der Waals surface area contributed by atoms with E-state index in [2.05, 4.69) is 152 Å². The monoisotopic (exact) mass is 1020 g/mol. The van der Waals surface area contributed by atoms with Crippen molar-refractivity contribution in [2.45, 2.75) is 160 Å². The van der Waals surface area contributed by atoms with Crippen molar-refractivity contribution in [3.8, 4) is 0 Å². The summed E-state index contributed by atoms with van der Waals surface area (Å²) in [5.74, 6) is 0.735. The third-order valence-electron chi connectivity index (χ3n) is 11.5. The quantitative estimate of drug-likeness (QED) is 0.138. The molecular formula is C41H80N2O12Si8. The van der Waals surface area contributed by atoms with Gasteiger partial charge in [0.15, 0.2) is 0 Å². The van der Waals surface area contributed by atoms with Crippen molar-refractivity contribution in [1.29, 1.82) is 0 Å². The van der Waals surface area contributed by atoms with Gasteiger partial charge in [0, 0.05) is 60.4 Å². The van der Waals surface area contributed by atoms with Gasteiger partial charge >= 0.3 is 70.4 Å². The van der Waals surface area contributed by atoms with Crippen LogP contribution in [0, 0.1) is 62.2 Å². The highest BCUT2D eigenvalue weighted by atomic mass is 28.6. The van der Waals surface area contributed by atoms with Crippen LogP contribution in [0.3, 0.4) is 0 Å². The lowest BCUT2D eigenvalue weighted by molar-refractivity contribution is -0.0356. The van der Waals surface area contributed by atoms with Crippen molar-refractivity contribution in [3.63, 3.8) is 0 Å². The highest BCUT2D eigenvalue weighted by molar-refractivity contribution is 7.03. The number of anilines is 1. The molecule has 0 unspecified atom stereocenters. The van der Waals surface area contributed by atoms with Crippen LogP contribution >= 0.6 is 0 Å². The summed E-state index contributed by atoms with van der Waals surface area (Å²) in [7, 11) is -32.1. The SMILES string of the molecule is Cc1cc(C)c(N2C=CN(C[Si]34O[Si]5(CC(C)C)O[Si]6(CC(C)C)O[Si]7(CC(C)C)O[Si](CC(C)C)(O5)O[Si](CC(C)C)(O[Si](CC(C)C)(O7)O[Si](CC(C)C)(O6)O3)O4)C2)c(C)c1. The average molecular weight is 1020 g/mol. The van der Waals surface area contributed by atoms with E-state index in [4.69, 9.17) is 49.4 Å². The molecule has 0 saturated carbocycles. The van der Waals surface area contributed by atoms with Gasteiger partial charge in [-0.1, -0.05) is 115 Å². The van der Waals surface area contributed by atoms with Crippen molar-refractivity contribution in [2.24, 2.45) is 41.4 Å². The molecule has 8 rings (SSSR count). The molecule has 0 aliphatic carbocycles. The van der Waals surface area contributed by atoms with Gasteiger partial charge in [-0.25, -0.2) is 0 Å². The van der Waals surface area contributed by atoms with E-state index in [0.717, 1.165) is 0 Å². The summed E-state index contributed by atoms with van der Waals surface area (Å²) >= 11 is 0. The molecule has 7 heterocycles. The molecule has 1 aromatic rings. The minimum Gasteiger partial charge on any atom is -0.373 e. The zero-order valence-electron chi connectivity index (χ0n) is 41.5. The molecular weight excluding hydrogens is 937 g/mol. The van der Waals surface area contributed by atoms with E-state index in [1.807, 2.05) is 0 Å². The molecule has 7 aliphatic rings. The standard InChI is InChI=1S/C41H80N2O12Si8/c1-31(2)22-56-44-57(23-32(3)4)47-60(26-35(9)10)49-58(45-56,24-33(5)6)51-62(28-37(13)14)52-59(46-56,25-34(7)8)50-61(48-57,27-36(11)12)54-63(53-60,55-62)30-42-18-19-43(29-42)41-39(16)20-38(15)21-40(41)17/h18-21,31-37H,22-30H2,1-17H3. The van der Waals surface area contributed by atoms with Gasteiger partial charge in [-0.15, -0.1) is 0 Å². The summed E-state index contributed by atoms with van der Waals surface area (Å²) < 4.78 is 95.1. The van der Waals surface area contributed by atoms with Crippen LogP contribution in [0.4, 0.5) is 5.69 Å². The van der Waals surface area contributed by atoms with Gasteiger partial charge < -0.3 is 59.2 Å². The number of hydrogen-bond donors (Lipinski definition) is 0. The molecule has 14 nitrogen and oxygen atoms in total. The second kappa shape index (κ2) is 18.3. The Labute approximate surface area is 388 Å². The van der Waals surface area contributed by atoms with Crippen molar-refractivity contribution >= 4 is 76.1 Å². The third kappa shape index (κ3) is 11.2. The number of benzene rings is 1. The first-order valence-electron chi connectivity index (χ1n) is 23.8. The van der Waals surface area contributed by atoms with Crippen LogP contribution < -0.4 is 4.90 Å². The van der Waals surface area contributed by atoms with E-state index in [1.165, 1.54) is 22.4 Å². The second-order valence-electron chi connectivity index (χ2n) is 22.3. The molecule has 0 spiro atoms. The van der Waals surface area contributed by atoms with Crippen molar-refractivity contribution in [1.82, 2.24) is 4.90 Å². The predicted octanol–water partition coefficient (Wildman–Crippen LogP) is 10.1. The summed E-state index contributed by atoms with van der Waals surface area (Å²) in [6.45, 7) is 37.6. The van der Waals surface area contributed by atoms with Gasteiger partial charge in [0.25, 0.3) is 0 Å². The molecule has 22 heteroatoms. The van der Waals surface area contributed by atoms with Crippen molar-refractivity contribution in [2.75, 3.05) is 17.7 Å². The average Bonchev–Trinajstić information content (AvgIpc) is 3.44. The Morgan fingerprint density at radius 1 is 0.381 bits per heavy atom. The fraction of sp³-hybridized carbons (Fsp3) is 0.805. The van der Waals surface area contributed by atoms with E-state index in [1.54, 1.807) is 0 Å². The fourth-order valence-electron chi connectivity index (χ4n) is 10.4. The molecule has 0 radical (unpaired) electrons. The van der Waals surface area contributed by atoms with Crippen molar-refractivity contribution < 1.29 is 49.4 Å². The largest absolute Gasteiger partial charge is 0.499 e. The zero-order valence-corrected chi connectivity index (χ0v) is 49.5. The molecule has 358 valence electrons. The maximum absolute atomic E-state index is 8.01. The Kier molecular flexibility index (Phi) is 14.7. The molecule has 0 N–H and O–H groups in total. The van der Waals surface area contributed by atoms with E-state index in [9.17, 15) is 0 Å². The van der Waals surface area contributed by atoms with Gasteiger partial charge in [0.1, 0.15) is 0 Å². The van der Waals surface area contributed by atoms with Crippen LogP contribution in [0.2, 0.25) is 42.3 Å².